The van der Waals surface area contributed by atoms with Crippen LogP contribution in [-0.4, -0.2) is 23.3 Å². The Morgan fingerprint density at radius 1 is 1.40 bits per heavy atom. The fraction of sp³-hybridized carbons (Fsp3) is 0.333. The van der Waals surface area contributed by atoms with Crippen molar-refractivity contribution in [3.8, 4) is 5.75 Å². The van der Waals surface area contributed by atoms with Crippen molar-refractivity contribution in [3.63, 3.8) is 0 Å². The Morgan fingerprint density at radius 2 is 2.16 bits per heavy atom. The third kappa shape index (κ3) is 5.07. The number of fused-ring (bicyclic) bond motifs is 1. The normalized spacial score (nSPS) is 16.6. The molecule has 0 spiro atoms. The Bertz CT molecular complexity index is 767. The maximum absolute atomic E-state index is 12.2. The second-order valence-electron chi connectivity index (χ2n) is 5.42. The molecule has 10 heteroatoms. The van der Waals surface area contributed by atoms with Crippen molar-refractivity contribution < 1.29 is 22.7 Å². The van der Waals surface area contributed by atoms with Gasteiger partial charge >= 0.3 is 6.36 Å². The molecule has 1 aromatic carbocycles. The van der Waals surface area contributed by atoms with E-state index >= 15 is 0 Å². The van der Waals surface area contributed by atoms with Crippen LogP contribution < -0.4 is 15.8 Å². The number of thiazole rings is 1. The zero-order valence-electron chi connectivity index (χ0n) is 12.8. The molecule has 0 saturated carbocycles. The number of aryl methyl sites for hydroxylation is 1. The molecule has 0 radical (unpaired) electrons. The van der Waals surface area contributed by atoms with Gasteiger partial charge in [-0.15, -0.1) is 36.9 Å². The van der Waals surface area contributed by atoms with Crippen LogP contribution in [0.2, 0.25) is 0 Å². The van der Waals surface area contributed by atoms with Crippen LogP contribution in [0.4, 0.5) is 18.3 Å². The lowest BCUT2D eigenvalue weighted by molar-refractivity contribution is -0.274. The molecular weight excluding hydrogens is 379 g/mol. The Hall–Kier alpha value is -1.84. The number of ether oxygens (including phenoxy) is 1. The summed E-state index contributed by atoms with van der Waals surface area (Å²) in [5, 5.41) is 3.03. The minimum atomic E-state index is -4.80. The van der Waals surface area contributed by atoms with E-state index in [1.807, 2.05) is 0 Å². The van der Waals surface area contributed by atoms with Gasteiger partial charge in [0.15, 0.2) is 5.13 Å². The van der Waals surface area contributed by atoms with E-state index in [2.05, 4.69) is 15.0 Å². The molecule has 3 N–H and O–H groups in total. The first kappa shape index (κ1) is 19.5. The van der Waals surface area contributed by atoms with Gasteiger partial charge in [-0.25, -0.2) is 4.98 Å². The smallest absolute Gasteiger partial charge is 0.406 e. The van der Waals surface area contributed by atoms with E-state index in [9.17, 15) is 18.0 Å². The standard InChI is InChI=1S/C15H14F3N3O2S.ClH/c16-15(17,18)23-10-3-1-2-8(6-10)13(22)21-14-20-11-5-4-9(19)7-12(11)24-14;/h1-3,6,9H,4-5,7,19H2,(H,20,21,22);1H/t9-;/m0./s1. The molecule has 1 atom stereocenters. The topological polar surface area (TPSA) is 77.2 Å². The zero-order valence-corrected chi connectivity index (χ0v) is 14.4. The molecule has 0 fully saturated rings. The van der Waals surface area contributed by atoms with Gasteiger partial charge < -0.3 is 10.5 Å². The maximum atomic E-state index is 12.2. The monoisotopic (exact) mass is 393 g/mol. The van der Waals surface area contributed by atoms with Crippen LogP contribution in [0.5, 0.6) is 5.75 Å². The number of benzene rings is 1. The van der Waals surface area contributed by atoms with Crippen molar-refractivity contribution in [2.45, 2.75) is 31.7 Å². The summed E-state index contributed by atoms with van der Waals surface area (Å²) < 4.78 is 40.5. The number of halogens is 4. The molecular formula is C15H15ClF3N3O2S. The van der Waals surface area contributed by atoms with Crippen molar-refractivity contribution in [1.82, 2.24) is 4.98 Å². The predicted molar refractivity (Wildman–Crippen MR) is 90.4 cm³/mol. The molecule has 1 amide bonds. The lowest BCUT2D eigenvalue weighted by Gasteiger charge is -2.15. The van der Waals surface area contributed by atoms with E-state index in [0.29, 0.717) is 5.13 Å². The van der Waals surface area contributed by atoms with Crippen molar-refractivity contribution in [1.29, 1.82) is 0 Å². The fourth-order valence-corrected chi connectivity index (χ4v) is 3.55. The van der Waals surface area contributed by atoms with E-state index in [0.717, 1.165) is 42.0 Å². The van der Waals surface area contributed by atoms with Crippen LogP contribution in [0.15, 0.2) is 24.3 Å². The number of rotatable bonds is 3. The van der Waals surface area contributed by atoms with Gasteiger partial charge in [0.25, 0.3) is 5.91 Å². The lowest BCUT2D eigenvalue weighted by Crippen LogP contribution is -2.27. The fourth-order valence-electron chi connectivity index (χ4n) is 2.46. The first-order valence-corrected chi connectivity index (χ1v) is 8.03. The summed E-state index contributed by atoms with van der Waals surface area (Å²) in [4.78, 5) is 17.6. The van der Waals surface area contributed by atoms with Crippen LogP contribution in [0.3, 0.4) is 0 Å². The molecule has 0 unspecified atom stereocenters. The number of nitrogens with two attached hydrogens (primary N) is 1. The summed E-state index contributed by atoms with van der Waals surface area (Å²) in [5.74, 6) is -0.988. The molecule has 5 nitrogen and oxygen atoms in total. The predicted octanol–water partition coefficient (Wildman–Crippen LogP) is 3.53. The van der Waals surface area contributed by atoms with Crippen LogP contribution in [0.1, 0.15) is 27.3 Å². The van der Waals surface area contributed by atoms with Gasteiger partial charge in [-0.2, -0.15) is 0 Å². The Kier molecular flexibility index (Phi) is 5.91. The van der Waals surface area contributed by atoms with Crippen molar-refractivity contribution in [3.05, 3.63) is 40.4 Å². The summed E-state index contributed by atoms with van der Waals surface area (Å²) in [6, 6.07) is 4.99. The summed E-state index contributed by atoms with van der Waals surface area (Å²) in [6.07, 6.45) is -2.47. The summed E-state index contributed by atoms with van der Waals surface area (Å²) in [6.45, 7) is 0. The Morgan fingerprint density at radius 3 is 2.88 bits per heavy atom. The molecule has 1 heterocycles. The van der Waals surface area contributed by atoms with E-state index in [-0.39, 0.29) is 24.0 Å². The molecule has 0 saturated heterocycles. The van der Waals surface area contributed by atoms with Crippen LogP contribution in [-0.2, 0) is 12.8 Å². The van der Waals surface area contributed by atoms with Gasteiger partial charge in [-0.05, 0) is 37.5 Å². The van der Waals surface area contributed by atoms with Crippen molar-refractivity contribution in [2.24, 2.45) is 5.73 Å². The highest BCUT2D eigenvalue weighted by Gasteiger charge is 2.31. The minimum absolute atomic E-state index is 0. The lowest BCUT2D eigenvalue weighted by atomic mass is 9.99. The maximum Gasteiger partial charge on any atom is 0.573 e. The number of alkyl halides is 3. The SMILES string of the molecule is Cl.N[C@H]1CCc2nc(NC(=O)c3cccc(OC(F)(F)F)c3)sc2C1. The minimum Gasteiger partial charge on any atom is -0.406 e. The van der Waals surface area contributed by atoms with Crippen LogP contribution in [0.25, 0.3) is 0 Å². The molecule has 0 aliphatic heterocycles. The largest absolute Gasteiger partial charge is 0.573 e. The third-order valence-corrected chi connectivity index (χ3v) is 4.56. The van der Waals surface area contributed by atoms with E-state index < -0.39 is 18.0 Å². The van der Waals surface area contributed by atoms with Crippen molar-refractivity contribution in [2.75, 3.05) is 5.32 Å². The zero-order chi connectivity index (χ0) is 17.3. The summed E-state index contributed by atoms with van der Waals surface area (Å²) in [7, 11) is 0. The first-order valence-electron chi connectivity index (χ1n) is 7.21. The molecule has 0 bridgehead atoms. The van der Waals surface area contributed by atoms with Crippen molar-refractivity contribution >= 4 is 34.8 Å². The number of carbonyl (C=O) groups excluding carboxylic acids is 1. The Balaban J connectivity index is 0.00000225. The van der Waals surface area contributed by atoms with Gasteiger partial charge in [0.1, 0.15) is 5.75 Å². The number of nitrogens with zero attached hydrogens (tertiary/aromatic N) is 1. The van der Waals surface area contributed by atoms with Gasteiger partial charge in [0.05, 0.1) is 5.69 Å². The Labute approximate surface area is 151 Å². The highest BCUT2D eigenvalue weighted by Crippen LogP contribution is 2.30. The third-order valence-electron chi connectivity index (χ3n) is 3.53. The van der Waals surface area contributed by atoms with Crippen LogP contribution in [0, 0.1) is 0 Å². The van der Waals surface area contributed by atoms with E-state index in [1.54, 1.807) is 0 Å². The van der Waals surface area contributed by atoms with E-state index in [4.69, 9.17) is 5.73 Å². The highest BCUT2D eigenvalue weighted by molar-refractivity contribution is 7.15. The number of carbonyl (C=O) groups is 1. The second kappa shape index (κ2) is 7.59. The number of amides is 1. The number of nitrogens with one attached hydrogen (secondary N) is 1. The van der Waals surface area contributed by atoms with Gasteiger partial charge in [0, 0.05) is 16.5 Å². The molecule has 25 heavy (non-hydrogen) atoms. The average Bonchev–Trinajstić information content (AvgIpc) is 2.87. The molecule has 3 rings (SSSR count). The first-order chi connectivity index (χ1) is 11.3. The highest BCUT2D eigenvalue weighted by atomic mass is 35.5. The van der Waals surface area contributed by atoms with Crippen LogP contribution >= 0.6 is 23.7 Å². The molecule has 1 aromatic heterocycles. The average molecular weight is 394 g/mol. The molecule has 1 aliphatic carbocycles. The molecule has 136 valence electrons. The van der Waals surface area contributed by atoms with Gasteiger partial charge in [0.2, 0.25) is 0 Å². The number of hydrogen-bond acceptors (Lipinski definition) is 5. The number of aromatic nitrogens is 1. The van der Waals surface area contributed by atoms with E-state index in [1.165, 1.54) is 23.5 Å². The quantitative estimate of drug-likeness (QED) is 0.836. The van der Waals surface area contributed by atoms with Gasteiger partial charge in [-0.1, -0.05) is 6.07 Å². The summed E-state index contributed by atoms with van der Waals surface area (Å²) in [5.41, 5.74) is 6.88. The molecule has 2 aromatic rings. The number of anilines is 1. The van der Waals surface area contributed by atoms with Gasteiger partial charge in [-0.3, -0.25) is 10.1 Å². The number of hydrogen-bond donors (Lipinski definition) is 2. The second-order valence-corrected chi connectivity index (χ2v) is 6.51. The molecule has 1 aliphatic rings. The summed E-state index contributed by atoms with van der Waals surface area (Å²) >= 11 is 1.34.